The summed E-state index contributed by atoms with van der Waals surface area (Å²) in [4.78, 5) is 2.34. The lowest BCUT2D eigenvalue weighted by molar-refractivity contribution is 0.125. The first-order valence-electron chi connectivity index (χ1n) is 7.43. The summed E-state index contributed by atoms with van der Waals surface area (Å²) in [7, 11) is 2.13. The summed E-state index contributed by atoms with van der Waals surface area (Å²) in [5.74, 6) is 0.730. The third-order valence-electron chi connectivity index (χ3n) is 3.85. The van der Waals surface area contributed by atoms with Crippen molar-refractivity contribution < 1.29 is 4.74 Å². The first-order valence-corrected chi connectivity index (χ1v) is 7.43. The molecule has 0 aromatic heterocycles. The summed E-state index contributed by atoms with van der Waals surface area (Å²) >= 11 is 0. The number of para-hydroxylation sites is 2. The molecule has 1 aromatic rings. The Labute approximate surface area is 131 Å². The number of nitrogens with one attached hydrogen (secondary N) is 1. The van der Waals surface area contributed by atoms with Crippen LogP contribution in [0.1, 0.15) is 19.3 Å². The van der Waals surface area contributed by atoms with Crippen molar-refractivity contribution in [1.82, 2.24) is 4.90 Å². The van der Waals surface area contributed by atoms with Crippen LogP contribution in [0.25, 0.3) is 0 Å². The molecule has 1 aromatic carbocycles. The maximum Gasteiger partial charge on any atom is 0.145 e. The highest BCUT2D eigenvalue weighted by molar-refractivity contribution is 5.59. The normalized spacial score (nSPS) is 17.9. The van der Waals surface area contributed by atoms with Gasteiger partial charge in [-0.15, -0.1) is 0 Å². The fraction of sp³-hybridized carbons (Fsp3) is 0.412. The van der Waals surface area contributed by atoms with Crippen molar-refractivity contribution >= 4 is 5.69 Å². The number of benzene rings is 1. The average Bonchev–Trinajstić information content (AvgIpc) is 2.56. The van der Waals surface area contributed by atoms with Crippen LogP contribution in [-0.4, -0.2) is 31.1 Å². The molecule has 0 aliphatic carbocycles. The first-order chi connectivity index (χ1) is 10.7. The molecule has 5 nitrogen and oxygen atoms in total. The molecule has 1 unspecified atom stereocenters. The molecule has 114 valence electrons. The Kier molecular flexibility index (Phi) is 5.82. The van der Waals surface area contributed by atoms with Gasteiger partial charge in [-0.2, -0.15) is 10.5 Å². The minimum Gasteiger partial charge on any atom is -0.490 e. The summed E-state index contributed by atoms with van der Waals surface area (Å²) in [6.07, 6.45) is 5.05. The Morgan fingerprint density at radius 2 is 2.14 bits per heavy atom. The quantitative estimate of drug-likeness (QED) is 0.846. The zero-order valence-electron chi connectivity index (χ0n) is 12.7. The van der Waals surface area contributed by atoms with Crippen LogP contribution in [0.5, 0.6) is 5.75 Å². The second-order valence-corrected chi connectivity index (χ2v) is 5.36. The van der Waals surface area contributed by atoms with Gasteiger partial charge in [0.05, 0.1) is 5.69 Å². The molecule has 1 atom stereocenters. The number of ether oxygens (including phenoxy) is 1. The molecule has 0 bridgehead atoms. The van der Waals surface area contributed by atoms with Crippen LogP contribution >= 0.6 is 0 Å². The van der Waals surface area contributed by atoms with Crippen molar-refractivity contribution in [3.63, 3.8) is 0 Å². The van der Waals surface area contributed by atoms with E-state index in [0.29, 0.717) is 12.6 Å². The van der Waals surface area contributed by atoms with E-state index in [1.807, 2.05) is 36.4 Å². The van der Waals surface area contributed by atoms with Crippen LogP contribution < -0.4 is 10.1 Å². The number of allylic oxidation sites excluding steroid dienone is 1. The minimum absolute atomic E-state index is 0.0295. The molecule has 0 saturated carbocycles. The van der Waals surface area contributed by atoms with Gasteiger partial charge in [-0.3, -0.25) is 0 Å². The Hall–Kier alpha value is -2.50. The third kappa shape index (κ3) is 4.25. The second-order valence-electron chi connectivity index (χ2n) is 5.36. The topological polar surface area (TPSA) is 72.1 Å². The van der Waals surface area contributed by atoms with Crippen LogP contribution in [0.15, 0.2) is 36.0 Å². The van der Waals surface area contributed by atoms with Crippen molar-refractivity contribution in [2.45, 2.75) is 25.3 Å². The van der Waals surface area contributed by atoms with Crippen LogP contribution in [0, 0.1) is 22.7 Å². The molecule has 2 rings (SSSR count). The van der Waals surface area contributed by atoms with Crippen molar-refractivity contribution in [3.05, 3.63) is 36.0 Å². The molecule has 1 aliphatic rings. The first kappa shape index (κ1) is 15.9. The number of anilines is 1. The smallest absolute Gasteiger partial charge is 0.145 e. The van der Waals surface area contributed by atoms with E-state index in [0.717, 1.165) is 24.4 Å². The summed E-state index contributed by atoms with van der Waals surface area (Å²) in [6, 6.07) is 11.6. The fourth-order valence-corrected chi connectivity index (χ4v) is 2.49. The Bertz CT molecular complexity index is 596. The highest BCUT2D eigenvalue weighted by atomic mass is 16.5. The van der Waals surface area contributed by atoms with Crippen LogP contribution in [0.4, 0.5) is 5.69 Å². The van der Waals surface area contributed by atoms with E-state index in [4.69, 9.17) is 15.3 Å². The van der Waals surface area contributed by atoms with Gasteiger partial charge in [0.15, 0.2) is 0 Å². The summed E-state index contributed by atoms with van der Waals surface area (Å²) < 4.78 is 5.95. The molecule has 1 N–H and O–H groups in total. The monoisotopic (exact) mass is 296 g/mol. The van der Waals surface area contributed by atoms with Crippen molar-refractivity contribution in [2.24, 2.45) is 0 Å². The largest absolute Gasteiger partial charge is 0.490 e. The number of nitriles is 2. The van der Waals surface area contributed by atoms with E-state index in [2.05, 4.69) is 17.3 Å². The van der Waals surface area contributed by atoms with Gasteiger partial charge in [0, 0.05) is 12.2 Å². The summed E-state index contributed by atoms with van der Waals surface area (Å²) in [5.41, 5.74) is 0.783. The Balaban J connectivity index is 2.01. The molecule has 1 heterocycles. The standard InChI is InChI=1S/C17H20N4O/c1-21-9-5-4-6-15(21)13-22-17-8-3-2-7-16(17)20-12-14(10-18)11-19/h2-3,7-8,12,15,20H,4-6,9,13H2,1H3. The van der Waals surface area contributed by atoms with Crippen molar-refractivity contribution in [2.75, 3.05) is 25.5 Å². The molecule has 0 amide bonds. The summed E-state index contributed by atoms with van der Waals surface area (Å²) in [6.45, 7) is 1.76. The van der Waals surface area contributed by atoms with Crippen LogP contribution in [-0.2, 0) is 0 Å². The summed E-state index contributed by atoms with van der Waals surface area (Å²) in [5, 5.41) is 20.5. The van der Waals surface area contributed by atoms with Gasteiger partial charge in [0.2, 0.25) is 0 Å². The molecular formula is C17H20N4O. The molecule has 1 fully saturated rings. The molecule has 0 spiro atoms. The lowest BCUT2D eigenvalue weighted by atomic mass is 10.0. The van der Waals surface area contributed by atoms with E-state index in [1.54, 1.807) is 0 Å². The maximum atomic E-state index is 8.76. The SMILES string of the molecule is CN1CCCCC1COc1ccccc1NC=C(C#N)C#N. The van der Waals surface area contributed by atoms with Gasteiger partial charge in [0.25, 0.3) is 0 Å². The van der Waals surface area contributed by atoms with Gasteiger partial charge in [-0.05, 0) is 38.6 Å². The molecule has 1 aliphatic heterocycles. The van der Waals surface area contributed by atoms with E-state index >= 15 is 0 Å². The number of nitrogens with zero attached hydrogens (tertiary/aromatic N) is 3. The zero-order valence-corrected chi connectivity index (χ0v) is 12.7. The highest BCUT2D eigenvalue weighted by Gasteiger charge is 2.19. The van der Waals surface area contributed by atoms with Gasteiger partial charge in [0.1, 0.15) is 30.1 Å². The predicted molar refractivity (Wildman–Crippen MR) is 85.1 cm³/mol. The number of likely N-dealkylation sites (tertiary alicyclic amines) is 1. The number of likely N-dealkylation sites (N-methyl/N-ethyl adjacent to an activating group) is 1. The van der Waals surface area contributed by atoms with Gasteiger partial charge in [-0.25, -0.2) is 0 Å². The van der Waals surface area contributed by atoms with Gasteiger partial charge >= 0.3 is 0 Å². The average molecular weight is 296 g/mol. The van der Waals surface area contributed by atoms with Crippen molar-refractivity contribution in [1.29, 1.82) is 10.5 Å². The molecular weight excluding hydrogens is 276 g/mol. The van der Waals surface area contributed by atoms with E-state index < -0.39 is 0 Å². The fourth-order valence-electron chi connectivity index (χ4n) is 2.49. The highest BCUT2D eigenvalue weighted by Crippen LogP contribution is 2.25. The Morgan fingerprint density at radius 1 is 1.36 bits per heavy atom. The van der Waals surface area contributed by atoms with E-state index in [1.165, 1.54) is 19.0 Å². The second kappa shape index (κ2) is 8.07. The van der Waals surface area contributed by atoms with E-state index in [9.17, 15) is 0 Å². The molecule has 5 heteroatoms. The molecule has 1 saturated heterocycles. The number of hydrogen-bond donors (Lipinski definition) is 1. The van der Waals surface area contributed by atoms with Crippen LogP contribution in [0.2, 0.25) is 0 Å². The number of piperidine rings is 1. The lowest BCUT2D eigenvalue weighted by Crippen LogP contribution is -2.40. The third-order valence-corrected chi connectivity index (χ3v) is 3.85. The number of rotatable bonds is 5. The molecule has 22 heavy (non-hydrogen) atoms. The van der Waals surface area contributed by atoms with E-state index in [-0.39, 0.29) is 5.57 Å². The predicted octanol–water partition coefficient (Wildman–Crippen LogP) is 2.89. The van der Waals surface area contributed by atoms with Gasteiger partial charge < -0.3 is 15.0 Å². The maximum absolute atomic E-state index is 8.76. The zero-order chi connectivity index (χ0) is 15.8. The lowest BCUT2D eigenvalue weighted by Gasteiger charge is -2.32. The number of hydrogen-bond acceptors (Lipinski definition) is 5. The minimum atomic E-state index is 0.0295. The Morgan fingerprint density at radius 3 is 2.86 bits per heavy atom. The van der Waals surface area contributed by atoms with Crippen molar-refractivity contribution in [3.8, 4) is 17.9 Å². The van der Waals surface area contributed by atoms with Crippen LogP contribution in [0.3, 0.4) is 0 Å². The molecule has 0 radical (unpaired) electrons. The van der Waals surface area contributed by atoms with Gasteiger partial charge in [-0.1, -0.05) is 18.6 Å².